The van der Waals surface area contributed by atoms with Crippen molar-refractivity contribution in [2.24, 2.45) is 0 Å². The van der Waals surface area contributed by atoms with Gasteiger partial charge in [-0.05, 0) is 48.5 Å². The number of amides is 2. The lowest BCUT2D eigenvalue weighted by Gasteiger charge is -2.23. The molecule has 0 bridgehead atoms. The van der Waals surface area contributed by atoms with Crippen LogP contribution in [0.25, 0.3) is 0 Å². The second-order valence-corrected chi connectivity index (χ2v) is 9.07. The normalized spacial score (nSPS) is 10.9. The molecule has 0 aromatic heterocycles. The fourth-order valence-electron chi connectivity index (χ4n) is 3.19. The largest absolute Gasteiger partial charge is 0.496 e. The smallest absolute Gasteiger partial charge is 0.341 e. The first kappa shape index (κ1) is 26.5. The molecule has 0 atom stereocenters. The Hall–Kier alpha value is -4.09. The van der Waals surface area contributed by atoms with Crippen molar-refractivity contribution in [3.63, 3.8) is 0 Å². The Labute approximate surface area is 209 Å². The molecule has 1 N–H and O–H groups in total. The van der Waals surface area contributed by atoms with Crippen molar-refractivity contribution < 1.29 is 36.4 Å². The zero-order chi connectivity index (χ0) is 26.1. The molecule has 0 heterocycles. The summed E-state index contributed by atoms with van der Waals surface area (Å²) < 4.78 is 43.4. The van der Waals surface area contributed by atoms with Crippen molar-refractivity contribution in [2.45, 2.75) is 0 Å². The van der Waals surface area contributed by atoms with Crippen LogP contribution in [-0.4, -0.2) is 54.0 Å². The highest BCUT2D eigenvalue weighted by Gasteiger charge is 2.19. The van der Waals surface area contributed by atoms with Gasteiger partial charge in [0.25, 0.3) is 10.1 Å². The molecule has 0 saturated heterocycles. The molecule has 3 aromatic rings. The second kappa shape index (κ2) is 12.0. The monoisotopic (exact) mass is 514 g/mol. The molecule has 0 unspecified atom stereocenters. The topological polar surface area (TPSA) is 120 Å². The van der Waals surface area contributed by atoms with Crippen molar-refractivity contribution in [2.75, 3.05) is 43.8 Å². The summed E-state index contributed by atoms with van der Waals surface area (Å²) in [6, 6.07) is 19.8. The van der Waals surface area contributed by atoms with Gasteiger partial charge in [-0.3, -0.25) is 9.08 Å². The van der Waals surface area contributed by atoms with Gasteiger partial charge in [0.2, 0.25) is 0 Å². The molecule has 190 valence electrons. The molecule has 0 radical (unpaired) electrons. The van der Waals surface area contributed by atoms with E-state index >= 15 is 0 Å². The Bertz CT molecular complexity index is 1300. The summed E-state index contributed by atoms with van der Waals surface area (Å²) in [6.07, 6.45) is 0.933. The summed E-state index contributed by atoms with van der Waals surface area (Å²) in [4.78, 5) is 26.4. The van der Waals surface area contributed by atoms with E-state index in [0.717, 1.165) is 6.26 Å². The van der Waals surface area contributed by atoms with E-state index in [-0.39, 0.29) is 24.5 Å². The Morgan fingerprint density at radius 1 is 0.917 bits per heavy atom. The highest BCUT2D eigenvalue weighted by atomic mass is 32.2. The van der Waals surface area contributed by atoms with Gasteiger partial charge in [0.1, 0.15) is 22.8 Å². The van der Waals surface area contributed by atoms with Gasteiger partial charge >= 0.3 is 12.0 Å². The fourth-order valence-corrected chi connectivity index (χ4v) is 3.56. The van der Waals surface area contributed by atoms with Gasteiger partial charge in [0.15, 0.2) is 0 Å². The van der Waals surface area contributed by atoms with Crippen LogP contribution in [0.4, 0.5) is 16.2 Å². The van der Waals surface area contributed by atoms with Crippen LogP contribution in [0.2, 0.25) is 0 Å². The SMILES string of the molecule is COC(=O)c1ccc(NC(=O)N(CCOS(C)(=O)=O)c2ccc(Oc3ccccc3)cc2)cc1OC. The molecule has 0 aliphatic heterocycles. The lowest BCUT2D eigenvalue weighted by Crippen LogP contribution is -2.37. The molecule has 36 heavy (non-hydrogen) atoms. The number of nitrogens with zero attached hydrogens (tertiary/aromatic N) is 1. The van der Waals surface area contributed by atoms with Gasteiger partial charge in [0, 0.05) is 17.4 Å². The molecular weight excluding hydrogens is 488 g/mol. The van der Waals surface area contributed by atoms with Crippen molar-refractivity contribution in [1.29, 1.82) is 0 Å². The Morgan fingerprint density at radius 2 is 1.58 bits per heavy atom. The molecule has 0 aliphatic carbocycles. The van der Waals surface area contributed by atoms with E-state index in [1.165, 1.54) is 37.3 Å². The summed E-state index contributed by atoms with van der Waals surface area (Å²) in [6.45, 7) is -0.311. The van der Waals surface area contributed by atoms with E-state index in [1.807, 2.05) is 30.3 Å². The van der Waals surface area contributed by atoms with E-state index in [9.17, 15) is 18.0 Å². The van der Waals surface area contributed by atoms with Gasteiger partial charge in [-0.1, -0.05) is 18.2 Å². The van der Waals surface area contributed by atoms with Gasteiger partial charge in [-0.15, -0.1) is 0 Å². The van der Waals surface area contributed by atoms with E-state index in [0.29, 0.717) is 22.9 Å². The number of rotatable bonds is 10. The Morgan fingerprint density at radius 3 is 2.19 bits per heavy atom. The summed E-state index contributed by atoms with van der Waals surface area (Å²) in [5, 5.41) is 2.72. The molecule has 0 saturated carbocycles. The molecule has 11 heteroatoms. The highest BCUT2D eigenvalue weighted by molar-refractivity contribution is 7.85. The number of anilines is 2. The summed E-state index contributed by atoms with van der Waals surface area (Å²) in [5.41, 5.74) is 1.02. The van der Waals surface area contributed by atoms with Crippen LogP contribution in [0.15, 0.2) is 72.8 Å². The Balaban J connectivity index is 1.81. The minimum atomic E-state index is -3.69. The number of esters is 1. The molecule has 0 spiro atoms. The molecule has 0 aliphatic rings. The third-order valence-corrected chi connectivity index (χ3v) is 5.44. The van der Waals surface area contributed by atoms with Crippen LogP contribution >= 0.6 is 0 Å². The summed E-state index contributed by atoms with van der Waals surface area (Å²) in [7, 11) is -1.05. The van der Waals surface area contributed by atoms with Gasteiger partial charge in [-0.2, -0.15) is 8.42 Å². The number of carbonyl (C=O) groups excluding carboxylic acids is 2. The summed E-state index contributed by atoms with van der Waals surface area (Å²) in [5.74, 6) is 0.850. The maximum absolute atomic E-state index is 13.2. The molecule has 3 rings (SSSR count). The van der Waals surface area contributed by atoms with Gasteiger partial charge in [0.05, 0.1) is 33.6 Å². The minimum Gasteiger partial charge on any atom is -0.496 e. The number of benzene rings is 3. The number of ether oxygens (including phenoxy) is 3. The Kier molecular flexibility index (Phi) is 8.87. The van der Waals surface area contributed by atoms with E-state index in [1.54, 1.807) is 24.3 Å². The maximum atomic E-state index is 13.2. The minimum absolute atomic E-state index is 0.0603. The van der Waals surface area contributed by atoms with E-state index in [2.05, 4.69) is 5.32 Å². The van der Waals surface area contributed by atoms with E-state index in [4.69, 9.17) is 18.4 Å². The standard InChI is InChI=1S/C25H26N2O8S/c1-32-23-17-18(9-14-22(23)24(28)33-2)26-25(29)27(15-16-34-36(3,30)31)19-10-12-21(13-11-19)35-20-7-5-4-6-8-20/h4-14,17H,15-16H2,1-3H3,(H,26,29). The first-order chi connectivity index (χ1) is 17.2. The quantitative estimate of drug-likeness (QED) is 0.314. The van der Waals surface area contributed by atoms with Crippen LogP contribution in [0.3, 0.4) is 0 Å². The first-order valence-corrected chi connectivity index (χ1v) is 12.5. The van der Waals surface area contributed by atoms with Crippen LogP contribution in [0.5, 0.6) is 17.2 Å². The first-order valence-electron chi connectivity index (χ1n) is 10.7. The zero-order valence-corrected chi connectivity index (χ0v) is 20.8. The molecule has 10 nitrogen and oxygen atoms in total. The van der Waals surface area contributed by atoms with Gasteiger partial charge in [-0.25, -0.2) is 9.59 Å². The number of methoxy groups -OCH3 is 2. The van der Waals surface area contributed by atoms with Crippen molar-refractivity contribution >= 4 is 33.5 Å². The number of nitrogens with one attached hydrogen (secondary N) is 1. The summed E-state index contributed by atoms with van der Waals surface area (Å²) >= 11 is 0. The number of carbonyl (C=O) groups is 2. The van der Waals surface area contributed by atoms with Crippen LogP contribution in [-0.2, 0) is 19.0 Å². The number of urea groups is 1. The van der Waals surface area contributed by atoms with Crippen molar-refractivity contribution in [1.82, 2.24) is 0 Å². The number of para-hydroxylation sites is 1. The third-order valence-electron chi connectivity index (χ3n) is 4.84. The third kappa shape index (κ3) is 7.45. The maximum Gasteiger partial charge on any atom is 0.341 e. The van der Waals surface area contributed by atoms with Crippen molar-refractivity contribution in [3.8, 4) is 17.2 Å². The lowest BCUT2D eigenvalue weighted by molar-refractivity contribution is 0.0597. The average molecular weight is 515 g/mol. The molecular formula is C25H26N2O8S. The van der Waals surface area contributed by atoms with Crippen LogP contribution in [0, 0.1) is 0 Å². The van der Waals surface area contributed by atoms with Gasteiger partial charge < -0.3 is 19.5 Å². The molecule has 2 amide bonds. The average Bonchev–Trinajstić information content (AvgIpc) is 2.86. The number of hydrogen-bond acceptors (Lipinski definition) is 8. The highest BCUT2D eigenvalue weighted by Crippen LogP contribution is 2.27. The van der Waals surface area contributed by atoms with E-state index < -0.39 is 22.1 Å². The lowest BCUT2D eigenvalue weighted by atomic mass is 10.2. The zero-order valence-electron chi connectivity index (χ0n) is 20.0. The van der Waals surface area contributed by atoms with Crippen LogP contribution in [0.1, 0.15) is 10.4 Å². The fraction of sp³-hybridized carbons (Fsp3) is 0.200. The predicted octanol–water partition coefficient (Wildman–Crippen LogP) is 4.29. The molecule has 0 fully saturated rings. The predicted molar refractivity (Wildman–Crippen MR) is 134 cm³/mol. The van der Waals surface area contributed by atoms with Crippen LogP contribution < -0.4 is 19.7 Å². The van der Waals surface area contributed by atoms with Crippen molar-refractivity contribution in [3.05, 3.63) is 78.4 Å². The second-order valence-electron chi connectivity index (χ2n) is 7.42. The number of hydrogen-bond donors (Lipinski definition) is 1. The molecule has 3 aromatic carbocycles.